The van der Waals surface area contributed by atoms with Crippen molar-refractivity contribution in [2.24, 2.45) is 5.92 Å². The number of aromatic nitrogens is 1. The highest BCUT2D eigenvalue weighted by Gasteiger charge is 2.22. The minimum absolute atomic E-state index is 0.00215. The third-order valence-corrected chi connectivity index (χ3v) is 3.78. The SMILES string of the molecule is CC(C)C(=O)Nc1nc(CC(=O)N(C)C(C)C(=O)O)cs1. The van der Waals surface area contributed by atoms with Crippen LogP contribution in [0.4, 0.5) is 5.13 Å². The van der Waals surface area contributed by atoms with Gasteiger partial charge in [0.1, 0.15) is 6.04 Å². The molecule has 1 unspecified atom stereocenters. The summed E-state index contributed by atoms with van der Waals surface area (Å²) in [5.74, 6) is -1.69. The van der Waals surface area contributed by atoms with Gasteiger partial charge in [0.25, 0.3) is 0 Å². The van der Waals surface area contributed by atoms with E-state index in [0.717, 1.165) is 4.90 Å². The third kappa shape index (κ3) is 4.82. The van der Waals surface area contributed by atoms with Gasteiger partial charge in [-0.15, -0.1) is 11.3 Å². The highest BCUT2D eigenvalue weighted by molar-refractivity contribution is 7.13. The lowest BCUT2D eigenvalue weighted by Gasteiger charge is -2.20. The van der Waals surface area contributed by atoms with Crippen LogP contribution in [0.3, 0.4) is 0 Å². The van der Waals surface area contributed by atoms with Crippen molar-refractivity contribution in [3.8, 4) is 0 Å². The molecule has 21 heavy (non-hydrogen) atoms. The van der Waals surface area contributed by atoms with E-state index in [1.807, 2.05) is 0 Å². The second-order valence-corrected chi connectivity index (χ2v) is 5.84. The highest BCUT2D eigenvalue weighted by atomic mass is 32.1. The lowest BCUT2D eigenvalue weighted by atomic mass is 10.2. The van der Waals surface area contributed by atoms with Gasteiger partial charge in [-0.1, -0.05) is 13.8 Å². The molecule has 1 atom stereocenters. The summed E-state index contributed by atoms with van der Waals surface area (Å²) in [6.45, 7) is 4.99. The zero-order chi connectivity index (χ0) is 16.2. The first kappa shape index (κ1) is 17.1. The second-order valence-electron chi connectivity index (χ2n) is 4.98. The zero-order valence-corrected chi connectivity index (χ0v) is 13.2. The summed E-state index contributed by atoms with van der Waals surface area (Å²) in [5, 5.41) is 13.6. The number of hydrogen-bond acceptors (Lipinski definition) is 5. The first-order valence-electron chi connectivity index (χ1n) is 6.46. The molecule has 0 aliphatic rings. The van der Waals surface area contributed by atoms with Crippen molar-refractivity contribution in [3.05, 3.63) is 11.1 Å². The molecule has 0 fully saturated rings. The fourth-order valence-electron chi connectivity index (χ4n) is 1.36. The molecule has 0 aliphatic heterocycles. The van der Waals surface area contributed by atoms with Gasteiger partial charge in [0.2, 0.25) is 11.8 Å². The fraction of sp³-hybridized carbons (Fsp3) is 0.538. The van der Waals surface area contributed by atoms with E-state index in [0.29, 0.717) is 10.8 Å². The Balaban J connectivity index is 2.64. The van der Waals surface area contributed by atoms with Gasteiger partial charge in [0.15, 0.2) is 5.13 Å². The molecule has 1 heterocycles. The van der Waals surface area contributed by atoms with Crippen LogP contribution in [0.15, 0.2) is 5.38 Å². The molecule has 0 radical (unpaired) electrons. The average molecular weight is 313 g/mol. The summed E-state index contributed by atoms with van der Waals surface area (Å²) >= 11 is 1.23. The van der Waals surface area contributed by atoms with Gasteiger partial charge in [0, 0.05) is 18.3 Å². The number of rotatable bonds is 6. The molecule has 2 amide bonds. The van der Waals surface area contributed by atoms with Gasteiger partial charge in [-0.25, -0.2) is 9.78 Å². The van der Waals surface area contributed by atoms with Gasteiger partial charge < -0.3 is 15.3 Å². The summed E-state index contributed by atoms with van der Waals surface area (Å²) < 4.78 is 0. The van der Waals surface area contributed by atoms with Gasteiger partial charge in [0.05, 0.1) is 12.1 Å². The van der Waals surface area contributed by atoms with Crippen LogP contribution in [0.5, 0.6) is 0 Å². The molecule has 0 spiro atoms. The summed E-state index contributed by atoms with van der Waals surface area (Å²) in [6.07, 6.45) is 0.00215. The molecule has 1 rings (SSSR count). The maximum atomic E-state index is 11.9. The van der Waals surface area contributed by atoms with Crippen molar-refractivity contribution < 1.29 is 19.5 Å². The first-order chi connectivity index (χ1) is 9.72. The van der Waals surface area contributed by atoms with E-state index in [-0.39, 0.29) is 24.2 Å². The van der Waals surface area contributed by atoms with Crippen LogP contribution >= 0.6 is 11.3 Å². The van der Waals surface area contributed by atoms with E-state index in [2.05, 4.69) is 10.3 Å². The third-order valence-electron chi connectivity index (χ3n) is 2.97. The largest absolute Gasteiger partial charge is 0.480 e. The number of thiazole rings is 1. The van der Waals surface area contributed by atoms with Gasteiger partial charge in [-0.2, -0.15) is 0 Å². The molecule has 116 valence electrons. The van der Waals surface area contributed by atoms with Gasteiger partial charge in [-0.05, 0) is 6.92 Å². The number of carbonyl (C=O) groups is 3. The number of carbonyl (C=O) groups excluding carboxylic acids is 2. The smallest absolute Gasteiger partial charge is 0.326 e. The fourth-order valence-corrected chi connectivity index (χ4v) is 2.07. The minimum atomic E-state index is -1.06. The van der Waals surface area contributed by atoms with E-state index in [1.54, 1.807) is 19.2 Å². The summed E-state index contributed by atoms with van der Waals surface area (Å²) in [5.41, 5.74) is 0.508. The molecule has 0 saturated carbocycles. The summed E-state index contributed by atoms with van der Waals surface area (Å²) in [7, 11) is 1.44. The van der Waals surface area contributed by atoms with E-state index in [1.165, 1.54) is 25.3 Å². The van der Waals surface area contributed by atoms with Crippen molar-refractivity contribution >= 4 is 34.3 Å². The predicted molar refractivity (Wildman–Crippen MR) is 79.2 cm³/mol. The Morgan fingerprint density at radius 1 is 1.38 bits per heavy atom. The molecule has 1 aromatic rings. The molecule has 1 aromatic heterocycles. The van der Waals surface area contributed by atoms with E-state index >= 15 is 0 Å². The number of nitrogens with zero attached hydrogens (tertiary/aromatic N) is 2. The summed E-state index contributed by atoms with van der Waals surface area (Å²) in [4.78, 5) is 39.6. The number of nitrogens with one attached hydrogen (secondary N) is 1. The Labute approximate surface area is 127 Å². The maximum Gasteiger partial charge on any atom is 0.326 e. The topological polar surface area (TPSA) is 99.6 Å². The van der Waals surface area contributed by atoms with Crippen LogP contribution in [-0.2, 0) is 20.8 Å². The number of aliphatic carboxylic acids is 1. The monoisotopic (exact) mass is 313 g/mol. The molecular weight excluding hydrogens is 294 g/mol. The number of carboxylic acids is 1. The highest BCUT2D eigenvalue weighted by Crippen LogP contribution is 2.17. The summed E-state index contributed by atoms with van der Waals surface area (Å²) in [6, 6.07) is -0.892. The Morgan fingerprint density at radius 2 is 2.00 bits per heavy atom. The Morgan fingerprint density at radius 3 is 2.52 bits per heavy atom. The Hall–Kier alpha value is -1.96. The van der Waals surface area contributed by atoms with Gasteiger partial charge in [-0.3, -0.25) is 9.59 Å². The number of amides is 2. The molecule has 0 bridgehead atoms. The average Bonchev–Trinajstić information content (AvgIpc) is 2.83. The molecule has 0 aromatic carbocycles. The lowest BCUT2D eigenvalue weighted by molar-refractivity contribution is -0.148. The number of anilines is 1. The van der Waals surface area contributed by atoms with Crippen molar-refractivity contribution in [3.63, 3.8) is 0 Å². The van der Waals surface area contributed by atoms with Crippen LogP contribution in [0, 0.1) is 5.92 Å². The van der Waals surface area contributed by atoms with E-state index in [9.17, 15) is 14.4 Å². The molecule has 2 N–H and O–H groups in total. The Kier molecular flexibility index (Phi) is 5.83. The predicted octanol–water partition coefficient (Wildman–Crippen LogP) is 1.21. The number of likely N-dealkylation sites (N-methyl/N-ethyl adjacent to an activating group) is 1. The van der Waals surface area contributed by atoms with Gasteiger partial charge >= 0.3 is 5.97 Å². The van der Waals surface area contributed by atoms with Crippen LogP contribution in [-0.4, -0.2) is 45.9 Å². The standard InChI is InChI=1S/C13H19N3O4S/c1-7(2)11(18)15-13-14-9(6-21-13)5-10(17)16(4)8(3)12(19)20/h6-8H,5H2,1-4H3,(H,19,20)(H,14,15,18). The number of carboxylic acid groups (broad SMARTS) is 1. The first-order valence-corrected chi connectivity index (χ1v) is 7.34. The normalized spacial score (nSPS) is 12.0. The van der Waals surface area contributed by atoms with Crippen molar-refractivity contribution in [2.75, 3.05) is 12.4 Å². The maximum absolute atomic E-state index is 11.9. The quantitative estimate of drug-likeness (QED) is 0.822. The van der Waals surface area contributed by atoms with E-state index in [4.69, 9.17) is 5.11 Å². The van der Waals surface area contributed by atoms with Crippen molar-refractivity contribution in [1.29, 1.82) is 0 Å². The molecule has 7 nitrogen and oxygen atoms in total. The van der Waals surface area contributed by atoms with Crippen molar-refractivity contribution in [2.45, 2.75) is 33.2 Å². The van der Waals surface area contributed by atoms with Crippen LogP contribution in [0.2, 0.25) is 0 Å². The molecule has 8 heteroatoms. The molecule has 0 aliphatic carbocycles. The minimum Gasteiger partial charge on any atom is -0.480 e. The van der Waals surface area contributed by atoms with Crippen LogP contribution in [0.25, 0.3) is 0 Å². The zero-order valence-electron chi connectivity index (χ0n) is 12.4. The van der Waals surface area contributed by atoms with E-state index < -0.39 is 12.0 Å². The van der Waals surface area contributed by atoms with Crippen molar-refractivity contribution in [1.82, 2.24) is 9.88 Å². The Bertz CT molecular complexity index is 541. The molecule has 0 saturated heterocycles. The van der Waals surface area contributed by atoms with Crippen LogP contribution < -0.4 is 5.32 Å². The lowest BCUT2D eigenvalue weighted by Crippen LogP contribution is -2.41. The second kappa shape index (κ2) is 7.16. The molecular formula is C13H19N3O4S. The van der Waals surface area contributed by atoms with Crippen LogP contribution in [0.1, 0.15) is 26.5 Å². The number of hydrogen-bond donors (Lipinski definition) is 2.